The molecule has 0 saturated carbocycles. The van der Waals surface area contributed by atoms with E-state index in [2.05, 4.69) is 42.4 Å². The van der Waals surface area contributed by atoms with E-state index in [0.29, 0.717) is 16.3 Å². The number of thiazole rings is 1. The number of hydrogen-bond donors (Lipinski definition) is 1. The van der Waals surface area contributed by atoms with Crippen LogP contribution in [-0.4, -0.2) is 9.91 Å². The van der Waals surface area contributed by atoms with Gasteiger partial charge in [-0.25, -0.2) is 4.98 Å². The van der Waals surface area contributed by atoms with Crippen LogP contribution >= 0.6 is 11.3 Å². The molecule has 7 heteroatoms. The minimum Gasteiger partial charge on any atom is -0.360 e. The maximum absolute atomic E-state index is 10.8. The molecule has 0 aliphatic rings. The fourth-order valence-electron chi connectivity index (χ4n) is 2.65. The van der Waals surface area contributed by atoms with Gasteiger partial charge in [0.2, 0.25) is 0 Å². The molecule has 6 nitrogen and oxygen atoms in total. The summed E-state index contributed by atoms with van der Waals surface area (Å²) in [5.41, 5.74) is 6.11. The van der Waals surface area contributed by atoms with Crippen molar-refractivity contribution in [3.05, 3.63) is 79.8 Å². The topological polar surface area (TPSA) is 91.8 Å². The van der Waals surface area contributed by atoms with Gasteiger partial charge in [-0.15, -0.1) is 11.3 Å². The van der Waals surface area contributed by atoms with Gasteiger partial charge >= 0.3 is 0 Å². The Morgan fingerprint density at radius 2 is 1.96 bits per heavy atom. The van der Waals surface area contributed by atoms with Gasteiger partial charge in [0.1, 0.15) is 16.6 Å². The number of aryl methyl sites for hydroxylation is 3. The van der Waals surface area contributed by atoms with Gasteiger partial charge in [0.25, 0.3) is 5.69 Å². The number of nitrogens with zero attached hydrogens (tertiary/aromatic N) is 3. The third kappa shape index (κ3) is 4.08. The molecule has 0 aliphatic heterocycles. The predicted octanol–water partition coefficient (Wildman–Crippen LogP) is 5.62. The van der Waals surface area contributed by atoms with E-state index >= 15 is 0 Å². The fraction of sp³-hybridized carbons (Fsp3) is 0.143. The number of nitriles is 1. The van der Waals surface area contributed by atoms with Crippen molar-refractivity contribution in [2.24, 2.45) is 0 Å². The van der Waals surface area contributed by atoms with E-state index in [9.17, 15) is 15.4 Å². The molecule has 0 amide bonds. The smallest absolute Gasteiger partial charge is 0.269 e. The molecule has 0 spiro atoms. The van der Waals surface area contributed by atoms with E-state index in [1.165, 1.54) is 34.6 Å². The number of nitrogens with one attached hydrogen (secondary N) is 1. The molecule has 2 aromatic carbocycles. The fourth-order valence-corrected chi connectivity index (χ4v) is 3.44. The van der Waals surface area contributed by atoms with Gasteiger partial charge in [-0.05, 0) is 49.6 Å². The van der Waals surface area contributed by atoms with Crippen molar-refractivity contribution >= 4 is 28.3 Å². The molecule has 1 N–H and O–H groups in total. The predicted molar refractivity (Wildman–Crippen MR) is 112 cm³/mol. The minimum absolute atomic E-state index is 0.0329. The summed E-state index contributed by atoms with van der Waals surface area (Å²) in [5, 5.41) is 26.0. The molecule has 0 bridgehead atoms. The van der Waals surface area contributed by atoms with Crippen LogP contribution in [-0.2, 0) is 0 Å². The Kier molecular flexibility index (Phi) is 5.52. The molecule has 0 saturated heterocycles. The maximum atomic E-state index is 10.8. The van der Waals surface area contributed by atoms with E-state index in [-0.39, 0.29) is 5.69 Å². The number of rotatable bonds is 5. The quantitative estimate of drug-likeness (QED) is 0.347. The van der Waals surface area contributed by atoms with Gasteiger partial charge in [-0.3, -0.25) is 10.1 Å². The highest BCUT2D eigenvalue weighted by molar-refractivity contribution is 7.11. The van der Waals surface area contributed by atoms with Crippen LogP contribution in [0.3, 0.4) is 0 Å². The summed E-state index contributed by atoms with van der Waals surface area (Å²) < 4.78 is 0. The Bertz CT molecular complexity index is 1130. The molecule has 1 heterocycles. The number of anilines is 1. The van der Waals surface area contributed by atoms with Crippen LogP contribution in [0.25, 0.3) is 16.8 Å². The van der Waals surface area contributed by atoms with Crippen LogP contribution < -0.4 is 5.32 Å². The molecule has 3 rings (SSSR count). The van der Waals surface area contributed by atoms with E-state index in [1.54, 1.807) is 19.2 Å². The van der Waals surface area contributed by atoms with Crippen molar-refractivity contribution < 1.29 is 4.92 Å². The van der Waals surface area contributed by atoms with Gasteiger partial charge in [-0.1, -0.05) is 12.1 Å². The normalized spacial score (nSPS) is 11.1. The zero-order valence-corrected chi connectivity index (χ0v) is 16.5. The van der Waals surface area contributed by atoms with Gasteiger partial charge < -0.3 is 5.32 Å². The van der Waals surface area contributed by atoms with Crippen LogP contribution in [0.1, 0.15) is 21.7 Å². The monoisotopic (exact) mass is 390 g/mol. The summed E-state index contributed by atoms with van der Waals surface area (Å²) >= 11 is 1.40. The molecular weight excluding hydrogens is 372 g/mol. The summed E-state index contributed by atoms with van der Waals surface area (Å²) in [6.07, 6.45) is 1.58. The van der Waals surface area contributed by atoms with Crippen molar-refractivity contribution in [2.75, 3.05) is 5.32 Å². The lowest BCUT2D eigenvalue weighted by atomic mass is 10.1. The van der Waals surface area contributed by atoms with E-state index < -0.39 is 4.92 Å². The standard InChI is InChI=1S/C21H18N4O2S/c1-13-4-5-16(8-14(13)2)20-12-28-21(24-20)17(10-22)11-23-19-7-6-18(25(26)27)9-15(19)3/h4-9,11-12,23H,1-3H3/b17-11+. The Morgan fingerprint density at radius 3 is 2.61 bits per heavy atom. The van der Waals surface area contributed by atoms with Crippen molar-refractivity contribution in [3.8, 4) is 17.3 Å². The molecule has 0 atom stereocenters. The molecule has 3 aromatic rings. The van der Waals surface area contributed by atoms with Crippen LogP contribution in [0.2, 0.25) is 0 Å². The number of nitro groups is 1. The SMILES string of the molecule is Cc1ccc(-c2csc(/C(C#N)=C/Nc3ccc([N+](=O)[O-])cc3C)n2)cc1C. The third-order valence-corrected chi connectivity index (χ3v) is 5.33. The second-order valence-corrected chi connectivity index (χ2v) is 7.27. The Balaban J connectivity index is 1.84. The highest BCUT2D eigenvalue weighted by Crippen LogP contribution is 2.28. The molecule has 140 valence electrons. The number of hydrogen-bond acceptors (Lipinski definition) is 6. The lowest BCUT2D eigenvalue weighted by molar-refractivity contribution is -0.384. The first-order chi connectivity index (χ1) is 13.4. The number of aromatic nitrogens is 1. The lowest BCUT2D eigenvalue weighted by Gasteiger charge is -2.05. The first kappa shape index (κ1) is 19.3. The van der Waals surface area contributed by atoms with Gasteiger partial charge in [0.05, 0.1) is 10.6 Å². The zero-order valence-electron chi connectivity index (χ0n) is 15.7. The molecule has 0 radical (unpaired) electrons. The Hall–Kier alpha value is -3.50. The highest BCUT2D eigenvalue weighted by atomic mass is 32.1. The summed E-state index contributed by atoms with van der Waals surface area (Å²) in [6.45, 7) is 5.90. The van der Waals surface area contributed by atoms with Crippen molar-refractivity contribution in [1.82, 2.24) is 4.98 Å². The average Bonchev–Trinajstić information content (AvgIpc) is 3.15. The Morgan fingerprint density at radius 1 is 1.18 bits per heavy atom. The van der Waals surface area contributed by atoms with E-state index in [0.717, 1.165) is 16.8 Å². The molecule has 28 heavy (non-hydrogen) atoms. The zero-order chi connectivity index (χ0) is 20.3. The first-order valence-corrected chi connectivity index (χ1v) is 9.42. The molecule has 1 aromatic heterocycles. The highest BCUT2D eigenvalue weighted by Gasteiger charge is 2.11. The number of non-ortho nitro benzene ring substituents is 1. The number of allylic oxidation sites excluding steroid dienone is 1. The van der Waals surface area contributed by atoms with Gasteiger partial charge in [-0.2, -0.15) is 5.26 Å². The average molecular weight is 390 g/mol. The second-order valence-electron chi connectivity index (χ2n) is 6.41. The first-order valence-electron chi connectivity index (χ1n) is 8.54. The van der Waals surface area contributed by atoms with Crippen LogP contribution in [0.5, 0.6) is 0 Å². The van der Waals surface area contributed by atoms with Gasteiger partial charge in [0, 0.05) is 35.0 Å². The molecule has 0 fully saturated rings. The molecule has 0 unspecified atom stereocenters. The van der Waals surface area contributed by atoms with Crippen LogP contribution in [0.4, 0.5) is 11.4 Å². The third-order valence-electron chi connectivity index (χ3n) is 4.45. The van der Waals surface area contributed by atoms with Crippen molar-refractivity contribution in [1.29, 1.82) is 5.26 Å². The summed E-state index contributed by atoms with van der Waals surface area (Å²) in [5.74, 6) is 0. The maximum Gasteiger partial charge on any atom is 0.269 e. The van der Waals surface area contributed by atoms with Crippen molar-refractivity contribution in [2.45, 2.75) is 20.8 Å². The summed E-state index contributed by atoms with van der Waals surface area (Å²) in [6, 6.07) is 12.9. The van der Waals surface area contributed by atoms with Crippen LogP contribution in [0.15, 0.2) is 48.0 Å². The Labute approximate surface area is 167 Å². The number of benzene rings is 2. The van der Waals surface area contributed by atoms with Gasteiger partial charge in [0.15, 0.2) is 0 Å². The van der Waals surface area contributed by atoms with E-state index in [4.69, 9.17) is 0 Å². The second kappa shape index (κ2) is 8.03. The summed E-state index contributed by atoms with van der Waals surface area (Å²) in [7, 11) is 0. The number of nitro benzene ring substituents is 1. The van der Waals surface area contributed by atoms with Crippen molar-refractivity contribution in [3.63, 3.8) is 0 Å². The van der Waals surface area contributed by atoms with Crippen LogP contribution in [0, 0.1) is 42.2 Å². The largest absolute Gasteiger partial charge is 0.360 e. The lowest BCUT2D eigenvalue weighted by Crippen LogP contribution is -1.95. The molecule has 0 aliphatic carbocycles. The minimum atomic E-state index is -0.433. The molecular formula is C21H18N4O2S. The summed E-state index contributed by atoms with van der Waals surface area (Å²) in [4.78, 5) is 15.0. The van der Waals surface area contributed by atoms with E-state index in [1.807, 2.05) is 11.4 Å².